The third kappa shape index (κ3) is 3.40. The molecule has 2 aromatic carbocycles. The normalized spacial score (nSPS) is 15.8. The van der Waals surface area contributed by atoms with Crippen LogP contribution in [0.15, 0.2) is 53.3 Å². The molecule has 1 fully saturated rings. The van der Waals surface area contributed by atoms with Crippen molar-refractivity contribution in [1.82, 2.24) is 28.5 Å². The van der Waals surface area contributed by atoms with Crippen LogP contribution in [0.3, 0.4) is 0 Å². The van der Waals surface area contributed by atoms with Crippen LogP contribution in [0.25, 0.3) is 22.4 Å². The van der Waals surface area contributed by atoms with Crippen LogP contribution in [0.2, 0.25) is 0 Å². The molecule has 2 aromatic heterocycles. The van der Waals surface area contributed by atoms with Gasteiger partial charge in [0.15, 0.2) is 0 Å². The molecule has 0 amide bonds. The summed E-state index contributed by atoms with van der Waals surface area (Å²) < 4.78 is 6.08. The molecule has 0 aliphatic carbocycles. The van der Waals surface area contributed by atoms with Crippen LogP contribution in [0.1, 0.15) is 12.5 Å². The van der Waals surface area contributed by atoms with E-state index in [9.17, 15) is 4.79 Å². The van der Waals surface area contributed by atoms with E-state index in [0.29, 0.717) is 22.6 Å². The highest BCUT2D eigenvalue weighted by atomic mass is 32.1. The number of hydrogen-bond donors (Lipinski definition) is 0. The number of hydrogen-bond acceptors (Lipinski definition) is 5. The molecule has 7 nitrogen and oxygen atoms in total. The average molecular weight is 435 g/mol. The monoisotopic (exact) mass is 434 g/mol. The Labute approximate surface area is 185 Å². The molecule has 0 bridgehead atoms. The lowest BCUT2D eigenvalue weighted by atomic mass is 10.2. The molecule has 8 heteroatoms. The van der Waals surface area contributed by atoms with Crippen molar-refractivity contribution in [2.75, 3.05) is 32.7 Å². The highest BCUT2D eigenvalue weighted by molar-refractivity contribution is 7.71. The molecular weight excluding hydrogens is 408 g/mol. The van der Waals surface area contributed by atoms with Gasteiger partial charge < -0.3 is 4.90 Å². The second-order valence-corrected chi connectivity index (χ2v) is 8.42. The van der Waals surface area contributed by atoms with Gasteiger partial charge in [0, 0.05) is 26.2 Å². The number of piperazine rings is 1. The lowest BCUT2D eigenvalue weighted by molar-refractivity contribution is 0.106. The minimum Gasteiger partial charge on any atom is -0.301 e. The van der Waals surface area contributed by atoms with Gasteiger partial charge in [-0.2, -0.15) is 0 Å². The molecular formula is C23H26N6OS. The number of para-hydroxylation sites is 2. The topological polar surface area (TPSA) is 50.7 Å². The van der Waals surface area contributed by atoms with Gasteiger partial charge >= 0.3 is 0 Å². The van der Waals surface area contributed by atoms with Crippen LogP contribution in [0.5, 0.6) is 0 Å². The zero-order valence-corrected chi connectivity index (χ0v) is 18.7. The van der Waals surface area contributed by atoms with Gasteiger partial charge in [-0.05, 0) is 49.4 Å². The maximum atomic E-state index is 13.5. The van der Waals surface area contributed by atoms with Gasteiger partial charge in [0.05, 0.1) is 23.3 Å². The maximum absolute atomic E-state index is 13.5. The van der Waals surface area contributed by atoms with E-state index in [-0.39, 0.29) is 5.56 Å². The predicted octanol–water partition coefficient (Wildman–Crippen LogP) is 3.07. The predicted molar refractivity (Wildman–Crippen MR) is 126 cm³/mol. The van der Waals surface area contributed by atoms with Gasteiger partial charge in [-0.25, -0.2) is 9.25 Å². The minimum absolute atomic E-state index is 0.0823. The van der Waals surface area contributed by atoms with E-state index >= 15 is 0 Å². The lowest BCUT2D eigenvalue weighted by Gasteiger charge is -2.33. The van der Waals surface area contributed by atoms with E-state index in [1.165, 1.54) is 0 Å². The Morgan fingerprint density at radius 2 is 1.65 bits per heavy atom. The summed E-state index contributed by atoms with van der Waals surface area (Å²) in [7, 11) is 0. The van der Waals surface area contributed by atoms with E-state index in [2.05, 4.69) is 16.7 Å². The molecule has 0 spiro atoms. The van der Waals surface area contributed by atoms with E-state index < -0.39 is 0 Å². The average Bonchev–Trinajstić information content (AvgIpc) is 3.11. The molecule has 1 aliphatic heterocycles. The van der Waals surface area contributed by atoms with Crippen LogP contribution in [-0.2, 0) is 6.67 Å². The fraction of sp³-hybridized carbons (Fsp3) is 0.348. The third-order valence-electron chi connectivity index (χ3n) is 6.20. The summed E-state index contributed by atoms with van der Waals surface area (Å²) in [6, 6.07) is 15.5. The largest absolute Gasteiger partial charge is 0.301 e. The third-order valence-corrected chi connectivity index (χ3v) is 6.60. The highest BCUT2D eigenvalue weighted by Crippen LogP contribution is 2.20. The molecule has 31 heavy (non-hydrogen) atoms. The van der Waals surface area contributed by atoms with Crippen LogP contribution in [-0.4, -0.2) is 61.3 Å². The number of aryl methyl sites for hydroxylation is 1. The first-order chi connectivity index (χ1) is 15.1. The van der Waals surface area contributed by atoms with Crippen molar-refractivity contribution in [3.05, 3.63) is 69.2 Å². The lowest BCUT2D eigenvalue weighted by Crippen LogP contribution is -2.46. The Kier molecular flexibility index (Phi) is 5.21. The van der Waals surface area contributed by atoms with Gasteiger partial charge in [0.1, 0.15) is 0 Å². The quantitative estimate of drug-likeness (QED) is 0.462. The first-order valence-electron chi connectivity index (χ1n) is 10.7. The summed E-state index contributed by atoms with van der Waals surface area (Å²) in [5.41, 5.74) is 2.55. The van der Waals surface area contributed by atoms with Crippen molar-refractivity contribution in [3.63, 3.8) is 0 Å². The van der Waals surface area contributed by atoms with Crippen molar-refractivity contribution in [3.8, 4) is 5.69 Å². The van der Waals surface area contributed by atoms with Gasteiger partial charge in [0.25, 0.3) is 5.56 Å². The second-order valence-electron chi connectivity index (χ2n) is 8.06. The maximum Gasteiger partial charge on any atom is 0.267 e. The number of benzene rings is 2. The standard InChI is InChI=1S/C23H26N6OS/c1-3-25-12-14-26(15-13-25)16-27-23(31)29-20-11-7-5-9-18(20)21(30)28(22(29)24-27)19-10-6-4-8-17(19)2/h4-11H,3,12-16H2,1-2H3. The molecule has 1 aliphatic rings. The summed E-state index contributed by atoms with van der Waals surface area (Å²) in [5, 5.41) is 5.49. The molecule has 160 valence electrons. The Balaban J connectivity index is 1.71. The van der Waals surface area contributed by atoms with Crippen molar-refractivity contribution < 1.29 is 0 Å². The summed E-state index contributed by atoms with van der Waals surface area (Å²) in [6.45, 7) is 9.96. The number of rotatable bonds is 4. The molecule has 3 heterocycles. The first-order valence-corrected chi connectivity index (χ1v) is 11.1. The zero-order valence-electron chi connectivity index (χ0n) is 17.9. The van der Waals surface area contributed by atoms with Gasteiger partial charge in [-0.1, -0.05) is 37.3 Å². The van der Waals surface area contributed by atoms with Gasteiger partial charge in [-0.3, -0.25) is 14.1 Å². The van der Waals surface area contributed by atoms with Gasteiger partial charge in [0.2, 0.25) is 10.5 Å². The number of likely N-dealkylation sites (N-methyl/N-ethyl adjacent to an activating group) is 1. The molecule has 0 saturated carbocycles. The molecule has 4 aromatic rings. The SMILES string of the molecule is CCN1CCN(Cn2nc3n(-c4ccccc4C)c(=O)c4ccccc4n3c2=S)CC1. The fourth-order valence-electron chi connectivity index (χ4n) is 4.37. The Bertz CT molecular complexity index is 1380. The smallest absolute Gasteiger partial charge is 0.267 e. The molecule has 0 radical (unpaired) electrons. The van der Waals surface area contributed by atoms with Crippen LogP contribution >= 0.6 is 12.2 Å². The van der Waals surface area contributed by atoms with E-state index in [1.807, 2.05) is 64.5 Å². The van der Waals surface area contributed by atoms with E-state index in [1.54, 1.807) is 4.57 Å². The molecule has 0 unspecified atom stereocenters. The summed E-state index contributed by atoms with van der Waals surface area (Å²) in [5.74, 6) is 0.551. The van der Waals surface area contributed by atoms with E-state index in [0.717, 1.165) is 49.5 Å². The number of fused-ring (bicyclic) bond motifs is 3. The van der Waals surface area contributed by atoms with Crippen molar-refractivity contribution in [1.29, 1.82) is 0 Å². The first kappa shape index (κ1) is 20.1. The number of aromatic nitrogens is 4. The Hall–Kier alpha value is -2.81. The number of nitrogens with zero attached hydrogens (tertiary/aromatic N) is 6. The summed E-state index contributed by atoms with van der Waals surface area (Å²) >= 11 is 5.87. The van der Waals surface area contributed by atoms with Crippen LogP contribution in [0, 0.1) is 11.7 Å². The van der Waals surface area contributed by atoms with E-state index in [4.69, 9.17) is 17.3 Å². The molecule has 5 rings (SSSR count). The Morgan fingerprint density at radius 3 is 2.39 bits per heavy atom. The molecule has 0 N–H and O–H groups in total. The zero-order chi connectivity index (χ0) is 21.5. The van der Waals surface area contributed by atoms with Crippen molar-refractivity contribution >= 4 is 28.9 Å². The van der Waals surface area contributed by atoms with Gasteiger partial charge in [-0.15, -0.1) is 5.10 Å². The summed E-state index contributed by atoms with van der Waals surface area (Å²) in [6.07, 6.45) is 0. The van der Waals surface area contributed by atoms with Crippen LogP contribution in [0.4, 0.5) is 0 Å². The fourth-order valence-corrected chi connectivity index (χ4v) is 4.65. The van der Waals surface area contributed by atoms with Crippen LogP contribution < -0.4 is 5.56 Å². The minimum atomic E-state index is -0.0823. The van der Waals surface area contributed by atoms with Crippen molar-refractivity contribution in [2.24, 2.45) is 0 Å². The van der Waals surface area contributed by atoms with Crippen molar-refractivity contribution in [2.45, 2.75) is 20.5 Å². The Morgan fingerprint density at radius 1 is 0.968 bits per heavy atom. The molecule has 0 atom stereocenters. The molecule has 1 saturated heterocycles. The second kappa shape index (κ2) is 8.03. The summed E-state index contributed by atoms with van der Waals surface area (Å²) in [4.78, 5) is 18.3. The highest BCUT2D eigenvalue weighted by Gasteiger charge is 2.20.